The molecular formula is C32H29N3O4. The minimum absolute atomic E-state index is 0.0188. The Morgan fingerprint density at radius 1 is 0.897 bits per heavy atom. The van der Waals surface area contributed by atoms with Gasteiger partial charge in [-0.2, -0.15) is 0 Å². The second kappa shape index (κ2) is 9.91. The molecule has 6 rings (SSSR count). The number of rotatable bonds is 7. The van der Waals surface area contributed by atoms with Crippen LogP contribution < -0.4 is 20.3 Å². The van der Waals surface area contributed by atoms with Gasteiger partial charge in [0, 0.05) is 60.3 Å². The molecule has 2 aliphatic rings. The van der Waals surface area contributed by atoms with Crippen molar-refractivity contribution in [2.75, 3.05) is 34.5 Å². The molecule has 0 amide bonds. The summed E-state index contributed by atoms with van der Waals surface area (Å²) in [5.41, 5.74) is 7.00. The van der Waals surface area contributed by atoms with Crippen molar-refractivity contribution in [3.8, 4) is 0 Å². The number of aldehydes is 1. The standard InChI is InChI=1S/C32H29N3O4/c1-3-33(4-2)26-9-8-23-15-27(32(38)39-31(23)16-26)30(37)12-7-21-5-10-28-24(13-21)17-34-20-35(28)18-25-14-22(19-36)6-11-29(25)34/h5-16,19H,3-4,17-18,20H2,1-2H3/b12-7+. The normalized spacial score (nSPS) is 13.9. The van der Waals surface area contributed by atoms with Gasteiger partial charge < -0.3 is 19.1 Å². The highest BCUT2D eigenvalue weighted by Crippen LogP contribution is 2.38. The van der Waals surface area contributed by atoms with Crippen LogP contribution in [-0.2, 0) is 13.1 Å². The molecule has 3 aromatic carbocycles. The van der Waals surface area contributed by atoms with Gasteiger partial charge in [0.1, 0.15) is 17.4 Å². The van der Waals surface area contributed by atoms with Crippen LogP contribution in [0.25, 0.3) is 17.0 Å². The average molecular weight is 520 g/mol. The summed E-state index contributed by atoms with van der Waals surface area (Å²) in [7, 11) is 0. The van der Waals surface area contributed by atoms with Crippen LogP contribution in [0.5, 0.6) is 0 Å². The Labute approximate surface area is 226 Å². The highest BCUT2D eigenvalue weighted by atomic mass is 16.4. The van der Waals surface area contributed by atoms with Crippen LogP contribution in [0, 0.1) is 0 Å². The summed E-state index contributed by atoms with van der Waals surface area (Å²) in [5.74, 6) is -0.388. The molecule has 7 heteroatoms. The van der Waals surface area contributed by atoms with Gasteiger partial charge in [-0.15, -0.1) is 0 Å². The monoisotopic (exact) mass is 519 g/mol. The third-order valence-corrected chi connectivity index (χ3v) is 7.63. The van der Waals surface area contributed by atoms with Gasteiger partial charge in [-0.25, -0.2) is 4.79 Å². The molecule has 3 heterocycles. The molecule has 196 valence electrons. The van der Waals surface area contributed by atoms with Gasteiger partial charge in [0.15, 0.2) is 5.78 Å². The molecule has 39 heavy (non-hydrogen) atoms. The first-order valence-corrected chi connectivity index (χ1v) is 13.2. The highest BCUT2D eigenvalue weighted by molar-refractivity contribution is 6.08. The molecule has 0 unspecified atom stereocenters. The van der Waals surface area contributed by atoms with E-state index < -0.39 is 5.63 Å². The number of benzene rings is 3. The summed E-state index contributed by atoms with van der Waals surface area (Å²) < 4.78 is 5.54. The summed E-state index contributed by atoms with van der Waals surface area (Å²) in [4.78, 5) is 43.7. The summed E-state index contributed by atoms with van der Waals surface area (Å²) in [6, 6.07) is 19.3. The number of hydrogen-bond donors (Lipinski definition) is 0. The van der Waals surface area contributed by atoms with Crippen LogP contribution in [-0.4, -0.2) is 31.8 Å². The van der Waals surface area contributed by atoms with Gasteiger partial charge in [0.2, 0.25) is 0 Å². The van der Waals surface area contributed by atoms with Crippen LogP contribution in [0.4, 0.5) is 17.1 Å². The molecule has 2 aliphatic heterocycles. The first kappa shape index (κ1) is 24.7. The van der Waals surface area contributed by atoms with E-state index in [2.05, 4.69) is 40.7 Å². The lowest BCUT2D eigenvalue weighted by atomic mass is 9.98. The number of anilines is 3. The molecule has 0 fully saturated rings. The van der Waals surface area contributed by atoms with E-state index >= 15 is 0 Å². The molecule has 0 N–H and O–H groups in total. The topological polar surface area (TPSA) is 74.1 Å². The van der Waals surface area contributed by atoms with E-state index in [1.165, 1.54) is 6.08 Å². The fourth-order valence-corrected chi connectivity index (χ4v) is 5.62. The minimum atomic E-state index is -0.635. The third kappa shape index (κ3) is 4.50. The van der Waals surface area contributed by atoms with Gasteiger partial charge in [-0.05, 0) is 85.1 Å². The van der Waals surface area contributed by atoms with Crippen molar-refractivity contribution < 1.29 is 14.0 Å². The maximum atomic E-state index is 13.0. The first-order chi connectivity index (χ1) is 19.0. The van der Waals surface area contributed by atoms with Crippen LogP contribution in [0.3, 0.4) is 0 Å². The number of nitrogens with zero attached hydrogens (tertiary/aromatic N) is 3. The Morgan fingerprint density at radius 2 is 1.56 bits per heavy atom. The lowest BCUT2D eigenvalue weighted by molar-refractivity contribution is 0.104. The van der Waals surface area contributed by atoms with E-state index in [-0.39, 0.29) is 11.3 Å². The summed E-state index contributed by atoms with van der Waals surface area (Å²) in [6.07, 6.45) is 4.06. The Hall–Kier alpha value is -4.65. The van der Waals surface area contributed by atoms with Crippen LogP contribution >= 0.6 is 0 Å². The van der Waals surface area contributed by atoms with Crippen molar-refractivity contribution >= 4 is 46.2 Å². The molecule has 0 atom stereocenters. The van der Waals surface area contributed by atoms with E-state index in [9.17, 15) is 14.4 Å². The first-order valence-electron chi connectivity index (χ1n) is 13.2. The molecule has 0 saturated carbocycles. The SMILES string of the molecule is CCN(CC)c1ccc2cc(C(=O)/C=C/c3ccc4c(c3)CN3CN4Cc4cc(C=O)ccc43)c(=O)oc2c1. The van der Waals surface area contributed by atoms with Crippen molar-refractivity contribution in [3.05, 3.63) is 105 Å². The lowest BCUT2D eigenvalue weighted by Gasteiger charge is -2.45. The zero-order valence-electron chi connectivity index (χ0n) is 22.0. The van der Waals surface area contributed by atoms with E-state index in [1.54, 1.807) is 12.1 Å². The predicted octanol–water partition coefficient (Wildman–Crippen LogP) is 5.65. The Kier molecular flexibility index (Phi) is 6.27. The molecule has 0 radical (unpaired) electrons. The van der Waals surface area contributed by atoms with Crippen molar-refractivity contribution in [2.45, 2.75) is 26.9 Å². The smallest absolute Gasteiger partial charge is 0.347 e. The maximum Gasteiger partial charge on any atom is 0.347 e. The molecule has 0 spiro atoms. The average Bonchev–Trinajstić information content (AvgIpc) is 2.95. The highest BCUT2D eigenvalue weighted by Gasteiger charge is 2.29. The van der Waals surface area contributed by atoms with Gasteiger partial charge in [0.25, 0.3) is 0 Å². The van der Waals surface area contributed by atoms with Crippen molar-refractivity contribution in [1.29, 1.82) is 0 Å². The lowest BCUT2D eigenvalue weighted by Crippen LogP contribution is -2.46. The number of carbonyl (C=O) groups excluding carboxylic acids is 2. The molecule has 2 bridgehead atoms. The maximum absolute atomic E-state index is 13.0. The summed E-state index contributed by atoms with van der Waals surface area (Å²) >= 11 is 0. The van der Waals surface area contributed by atoms with Crippen molar-refractivity contribution in [1.82, 2.24) is 0 Å². The molecule has 7 nitrogen and oxygen atoms in total. The Bertz CT molecular complexity index is 1700. The van der Waals surface area contributed by atoms with Crippen LogP contribution in [0.15, 0.2) is 76.0 Å². The third-order valence-electron chi connectivity index (χ3n) is 7.63. The fourth-order valence-electron chi connectivity index (χ4n) is 5.62. The molecule has 4 aromatic rings. The van der Waals surface area contributed by atoms with Gasteiger partial charge in [-0.1, -0.05) is 12.1 Å². The zero-order valence-corrected chi connectivity index (χ0v) is 22.0. The van der Waals surface area contributed by atoms with E-state index in [0.717, 1.165) is 72.9 Å². The minimum Gasteiger partial charge on any atom is -0.422 e. The van der Waals surface area contributed by atoms with Crippen LogP contribution in [0.2, 0.25) is 0 Å². The second-order valence-electron chi connectivity index (χ2n) is 9.97. The van der Waals surface area contributed by atoms with Gasteiger partial charge in [0.05, 0.1) is 6.67 Å². The summed E-state index contributed by atoms with van der Waals surface area (Å²) in [5, 5.41) is 0.714. The number of ketones is 1. The van der Waals surface area contributed by atoms with Crippen molar-refractivity contribution in [2.24, 2.45) is 0 Å². The largest absolute Gasteiger partial charge is 0.422 e. The number of carbonyl (C=O) groups is 2. The summed E-state index contributed by atoms with van der Waals surface area (Å²) in [6.45, 7) is 8.12. The van der Waals surface area contributed by atoms with Gasteiger partial charge >= 0.3 is 5.63 Å². The Balaban J connectivity index is 1.23. The number of fused-ring (bicyclic) bond motifs is 7. The second-order valence-corrected chi connectivity index (χ2v) is 9.97. The molecule has 0 saturated heterocycles. The predicted molar refractivity (Wildman–Crippen MR) is 155 cm³/mol. The quantitative estimate of drug-likeness (QED) is 0.135. The van der Waals surface area contributed by atoms with Gasteiger partial charge in [-0.3, -0.25) is 9.59 Å². The van der Waals surface area contributed by atoms with Crippen molar-refractivity contribution in [3.63, 3.8) is 0 Å². The zero-order chi connectivity index (χ0) is 27.1. The van der Waals surface area contributed by atoms with E-state index in [1.807, 2.05) is 42.5 Å². The number of hydrogen-bond acceptors (Lipinski definition) is 7. The Morgan fingerprint density at radius 3 is 2.23 bits per heavy atom. The fraction of sp³-hybridized carbons (Fsp3) is 0.219. The number of allylic oxidation sites excluding steroid dienone is 1. The molecular weight excluding hydrogens is 490 g/mol. The van der Waals surface area contributed by atoms with Crippen LogP contribution in [0.1, 0.15) is 51.3 Å². The molecule has 1 aromatic heterocycles. The molecule has 0 aliphatic carbocycles. The van der Waals surface area contributed by atoms with E-state index in [4.69, 9.17) is 4.42 Å². The van der Waals surface area contributed by atoms with E-state index in [0.29, 0.717) is 16.5 Å².